The highest BCUT2D eigenvalue weighted by atomic mass is 32.1. The molecule has 4 rings (SSSR count). The first-order chi connectivity index (χ1) is 15.5. The Hall–Kier alpha value is -3.46. The number of rotatable bonds is 6. The van der Waals surface area contributed by atoms with Crippen molar-refractivity contribution in [1.82, 2.24) is 14.3 Å². The van der Waals surface area contributed by atoms with E-state index in [0.717, 1.165) is 17.7 Å². The minimum absolute atomic E-state index is 0.215. The van der Waals surface area contributed by atoms with Gasteiger partial charge in [-0.3, -0.25) is 14.0 Å². The first kappa shape index (κ1) is 21.8. The van der Waals surface area contributed by atoms with Gasteiger partial charge in [0.05, 0.1) is 41.8 Å². The van der Waals surface area contributed by atoms with Crippen LogP contribution in [0.25, 0.3) is 6.08 Å². The number of thiazole rings is 1. The van der Waals surface area contributed by atoms with Gasteiger partial charge < -0.3 is 9.47 Å². The summed E-state index contributed by atoms with van der Waals surface area (Å²) in [6.07, 6.45) is 5.41. The first-order valence-corrected chi connectivity index (χ1v) is 11.1. The fraction of sp³-hybridized carbons (Fsp3) is 0.304. The second kappa shape index (κ2) is 8.96. The Morgan fingerprint density at radius 1 is 1.25 bits per heavy atom. The molecule has 2 aromatic heterocycles. The number of carbonyl (C=O) groups is 1. The fourth-order valence-electron chi connectivity index (χ4n) is 3.67. The van der Waals surface area contributed by atoms with Gasteiger partial charge in [-0.25, -0.2) is 9.79 Å². The van der Waals surface area contributed by atoms with Crippen molar-refractivity contribution in [1.29, 1.82) is 0 Å². The summed E-state index contributed by atoms with van der Waals surface area (Å²) >= 11 is 1.29. The van der Waals surface area contributed by atoms with Crippen LogP contribution in [0.5, 0.6) is 5.75 Å². The molecule has 9 heteroatoms. The molecule has 166 valence electrons. The molecule has 0 radical (unpaired) electrons. The van der Waals surface area contributed by atoms with Crippen LogP contribution in [-0.2, 0) is 16.1 Å². The van der Waals surface area contributed by atoms with Gasteiger partial charge in [0.15, 0.2) is 4.80 Å². The van der Waals surface area contributed by atoms with Gasteiger partial charge in [0.1, 0.15) is 5.75 Å². The average molecular weight is 453 g/mol. The Morgan fingerprint density at radius 3 is 2.62 bits per heavy atom. The second-order valence-corrected chi connectivity index (χ2v) is 8.21. The van der Waals surface area contributed by atoms with Crippen LogP contribution in [0.3, 0.4) is 0 Å². The zero-order valence-electron chi connectivity index (χ0n) is 18.4. The average Bonchev–Trinajstić information content (AvgIpc) is 3.37. The van der Waals surface area contributed by atoms with E-state index in [9.17, 15) is 9.59 Å². The van der Waals surface area contributed by atoms with Crippen LogP contribution in [0.1, 0.15) is 37.9 Å². The van der Waals surface area contributed by atoms with Crippen molar-refractivity contribution in [2.75, 3.05) is 13.7 Å². The zero-order valence-corrected chi connectivity index (χ0v) is 19.2. The molecule has 0 unspecified atom stereocenters. The van der Waals surface area contributed by atoms with Crippen LogP contribution in [-0.4, -0.2) is 34.0 Å². The second-order valence-electron chi connectivity index (χ2n) is 7.20. The molecule has 0 spiro atoms. The van der Waals surface area contributed by atoms with E-state index in [1.165, 1.54) is 11.3 Å². The number of carbonyl (C=O) groups excluding carboxylic acids is 1. The van der Waals surface area contributed by atoms with Crippen LogP contribution >= 0.6 is 11.3 Å². The molecule has 1 aliphatic heterocycles. The van der Waals surface area contributed by atoms with Crippen LogP contribution in [0, 0.1) is 0 Å². The summed E-state index contributed by atoms with van der Waals surface area (Å²) in [5.74, 6) is 0.209. The predicted molar refractivity (Wildman–Crippen MR) is 121 cm³/mol. The number of nitrogens with zero attached hydrogens (tertiary/aromatic N) is 4. The molecule has 0 bridgehead atoms. The highest BCUT2D eigenvalue weighted by molar-refractivity contribution is 7.07. The van der Waals surface area contributed by atoms with Crippen LogP contribution in [0.2, 0.25) is 0 Å². The van der Waals surface area contributed by atoms with Gasteiger partial charge in [0.25, 0.3) is 5.56 Å². The van der Waals surface area contributed by atoms with E-state index in [4.69, 9.17) is 9.47 Å². The van der Waals surface area contributed by atoms with Crippen LogP contribution < -0.4 is 19.6 Å². The van der Waals surface area contributed by atoms with Gasteiger partial charge in [0, 0.05) is 18.3 Å². The quantitative estimate of drug-likeness (QED) is 0.534. The van der Waals surface area contributed by atoms with Gasteiger partial charge in [-0.2, -0.15) is 5.10 Å². The smallest absolute Gasteiger partial charge is 0.338 e. The summed E-state index contributed by atoms with van der Waals surface area (Å²) in [5, 5.41) is 4.27. The lowest BCUT2D eigenvalue weighted by molar-refractivity contribution is -0.139. The Labute approximate surface area is 188 Å². The minimum Gasteiger partial charge on any atom is -0.497 e. The standard InChI is InChI=1S/C23H24N4O4S/c1-5-26-13-15(12-24-26)11-18-21(28)27-20(16-7-9-17(30-4)10-8-16)19(22(29)31-6-2)14(3)25-23(27)32-18/h7-13,20H,5-6H2,1-4H3/b18-11+/t20-/m1/s1. The van der Waals surface area contributed by atoms with Gasteiger partial charge in [0.2, 0.25) is 0 Å². The number of aromatic nitrogens is 3. The maximum absolute atomic E-state index is 13.5. The Bertz CT molecular complexity index is 1360. The van der Waals surface area contributed by atoms with Crippen molar-refractivity contribution in [3.63, 3.8) is 0 Å². The Balaban J connectivity index is 1.92. The van der Waals surface area contributed by atoms with Crippen LogP contribution in [0.4, 0.5) is 0 Å². The third kappa shape index (κ3) is 3.91. The van der Waals surface area contributed by atoms with E-state index in [1.54, 1.807) is 42.5 Å². The van der Waals surface area contributed by atoms with Crippen molar-refractivity contribution in [2.24, 2.45) is 4.99 Å². The summed E-state index contributed by atoms with van der Waals surface area (Å²) in [6.45, 7) is 6.50. The molecule has 0 fully saturated rings. The number of benzene rings is 1. The molecular weight excluding hydrogens is 428 g/mol. The summed E-state index contributed by atoms with van der Waals surface area (Å²) in [5.41, 5.74) is 2.29. The summed E-state index contributed by atoms with van der Waals surface area (Å²) in [6, 6.07) is 6.68. The van der Waals surface area contributed by atoms with Gasteiger partial charge in [-0.05, 0) is 44.5 Å². The lowest BCUT2D eigenvalue weighted by Crippen LogP contribution is -2.39. The number of fused-ring (bicyclic) bond motifs is 1. The van der Waals surface area contributed by atoms with Gasteiger partial charge in [-0.15, -0.1) is 0 Å². The third-order valence-corrected chi connectivity index (χ3v) is 6.21. The van der Waals surface area contributed by atoms with Crippen molar-refractivity contribution in [3.05, 3.63) is 78.7 Å². The molecular formula is C23H24N4O4S. The lowest BCUT2D eigenvalue weighted by atomic mass is 9.96. The van der Waals surface area contributed by atoms with E-state index < -0.39 is 12.0 Å². The van der Waals surface area contributed by atoms with Crippen molar-refractivity contribution >= 4 is 23.4 Å². The zero-order chi connectivity index (χ0) is 22.8. The molecule has 0 amide bonds. The topological polar surface area (TPSA) is 87.7 Å². The molecule has 3 heterocycles. The number of ether oxygens (including phenoxy) is 2. The third-order valence-electron chi connectivity index (χ3n) is 5.22. The maximum Gasteiger partial charge on any atom is 0.338 e. The molecule has 0 aliphatic carbocycles. The van der Waals surface area contributed by atoms with Crippen molar-refractivity contribution in [2.45, 2.75) is 33.4 Å². The highest BCUT2D eigenvalue weighted by Gasteiger charge is 2.33. The summed E-state index contributed by atoms with van der Waals surface area (Å²) in [7, 11) is 1.59. The van der Waals surface area contributed by atoms with Crippen molar-refractivity contribution in [3.8, 4) is 5.75 Å². The molecule has 0 saturated carbocycles. The molecule has 8 nitrogen and oxygen atoms in total. The van der Waals surface area contributed by atoms with Crippen LogP contribution in [0.15, 0.2) is 57.7 Å². The molecule has 1 aromatic carbocycles. The minimum atomic E-state index is -0.642. The number of hydrogen-bond donors (Lipinski definition) is 0. The monoisotopic (exact) mass is 452 g/mol. The molecule has 32 heavy (non-hydrogen) atoms. The van der Waals surface area contributed by atoms with E-state index in [2.05, 4.69) is 10.1 Å². The number of hydrogen-bond acceptors (Lipinski definition) is 7. The van der Waals surface area contributed by atoms with Gasteiger partial charge >= 0.3 is 5.97 Å². The molecule has 1 aliphatic rings. The molecule has 1 atom stereocenters. The number of esters is 1. The normalized spacial score (nSPS) is 16.0. The predicted octanol–water partition coefficient (Wildman–Crippen LogP) is 2.02. The van der Waals surface area contributed by atoms with Crippen molar-refractivity contribution < 1.29 is 14.3 Å². The molecule has 0 N–H and O–H groups in total. The number of aryl methyl sites for hydroxylation is 1. The van der Waals surface area contributed by atoms with E-state index >= 15 is 0 Å². The molecule has 0 saturated heterocycles. The van der Waals surface area contributed by atoms with E-state index in [0.29, 0.717) is 26.4 Å². The van der Waals surface area contributed by atoms with Gasteiger partial charge in [-0.1, -0.05) is 23.5 Å². The fourth-order valence-corrected chi connectivity index (χ4v) is 4.72. The Kier molecular flexibility index (Phi) is 6.09. The lowest BCUT2D eigenvalue weighted by Gasteiger charge is -2.24. The summed E-state index contributed by atoms with van der Waals surface area (Å²) in [4.78, 5) is 31.5. The first-order valence-electron chi connectivity index (χ1n) is 10.3. The maximum atomic E-state index is 13.5. The van der Waals surface area contributed by atoms with E-state index in [1.807, 2.05) is 37.4 Å². The number of allylic oxidation sites excluding steroid dienone is 1. The number of methoxy groups -OCH3 is 1. The molecule has 3 aromatic rings. The SMILES string of the molecule is CCOC(=O)C1=C(C)N=c2s/c(=C/c3cnn(CC)c3)c(=O)n2[C@@H]1c1ccc(OC)cc1. The van der Waals surface area contributed by atoms with E-state index in [-0.39, 0.29) is 12.2 Å². The summed E-state index contributed by atoms with van der Waals surface area (Å²) < 4.78 is 14.5. The largest absolute Gasteiger partial charge is 0.497 e. The Morgan fingerprint density at radius 2 is 2.00 bits per heavy atom. The highest BCUT2D eigenvalue weighted by Crippen LogP contribution is 2.31.